The summed E-state index contributed by atoms with van der Waals surface area (Å²) in [5, 5.41) is 1.26. The second-order valence-electron chi connectivity index (χ2n) is 8.21. The van der Waals surface area contributed by atoms with E-state index < -0.39 is 16.1 Å². The predicted octanol–water partition coefficient (Wildman–Crippen LogP) is 5.98. The van der Waals surface area contributed by atoms with E-state index in [0.717, 1.165) is 12.0 Å². The summed E-state index contributed by atoms with van der Waals surface area (Å²) in [4.78, 5) is 0. The third-order valence-electron chi connectivity index (χ3n) is 3.37. The van der Waals surface area contributed by atoms with Crippen LogP contribution in [0, 0.1) is 30.2 Å². The second-order valence-corrected chi connectivity index (χ2v) is 18.0. The Morgan fingerprint density at radius 1 is 1.00 bits per heavy atom. The molecular weight excluding hydrogens is 320 g/mol. The molecule has 1 aromatic rings. The SMILES string of the molecule is C=CCC(C#C[Si](C)(C)C)=C(C#Cc1ccc(C)cc1)[Si](C)(C)C. The van der Waals surface area contributed by atoms with Gasteiger partial charge < -0.3 is 0 Å². The highest BCUT2D eigenvalue weighted by Gasteiger charge is 2.21. The van der Waals surface area contributed by atoms with Gasteiger partial charge in [0.05, 0.1) is 8.07 Å². The molecule has 0 atom stereocenters. The number of benzene rings is 1. The minimum absolute atomic E-state index is 0.805. The van der Waals surface area contributed by atoms with E-state index in [1.165, 1.54) is 16.3 Å². The summed E-state index contributed by atoms with van der Waals surface area (Å²) in [6, 6.07) is 8.39. The fourth-order valence-electron chi connectivity index (χ4n) is 2.11. The average molecular weight is 351 g/mol. The first-order chi connectivity index (χ1) is 11.0. The summed E-state index contributed by atoms with van der Waals surface area (Å²) in [5.41, 5.74) is 7.00. The van der Waals surface area contributed by atoms with Crippen LogP contribution < -0.4 is 0 Å². The van der Waals surface area contributed by atoms with Crippen LogP contribution in [0.1, 0.15) is 17.5 Å². The Hall–Kier alpha value is -1.75. The molecule has 0 saturated heterocycles. The maximum Gasteiger partial charge on any atom is 0.129 e. The molecule has 1 aromatic carbocycles. The zero-order valence-electron chi connectivity index (χ0n) is 16.3. The van der Waals surface area contributed by atoms with E-state index in [1.807, 2.05) is 6.08 Å². The van der Waals surface area contributed by atoms with Crippen molar-refractivity contribution < 1.29 is 0 Å². The van der Waals surface area contributed by atoms with E-state index in [9.17, 15) is 0 Å². The van der Waals surface area contributed by atoms with Crippen LogP contribution in [0.3, 0.4) is 0 Å². The lowest BCUT2D eigenvalue weighted by atomic mass is 10.1. The van der Waals surface area contributed by atoms with Crippen LogP contribution in [-0.4, -0.2) is 16.1 Å². The minimum atomic E-state index is -1.58. The highest BCUT2D eigenvalue weighted by Crippen LogP contribution is 2.21. The van der Waals surface area contributed by atoms with Crippen molar-refractivity contribution >= 4 is 16.1 Å². The summed E-state index contributed by atoms with van der Waals surface area (Å²) in [7, 11) is -2.99. The molecule has 2 heteroatoms. The first-order valence-corrected chi connectivity index (χ1v) is 15.5. The Labute approximate surface area is 151 Å². The van der Waals surface area contributed by atoms with Crippen molar-refractivity contribution in [2.24, 2.45) is 0 Å². The van der Waals surface area contributed by atoms with Gasteiger partial charge in [0.15, 0.2) is 0 Å². The van der Waals surface area contributed by atoms with Gasteiger partial charge in [-0.1, -0.05) is 80.8 Å². The molecule has 0 saturated carbocycles. The van der Waals surface area contributed by atoms with Gasteiger partial charge in [-0.05, 0) is 30.7 Å². The minimum Gasteiger partial charge on any atom is -0.127 e. The Morgan fingerprint density at radius 3 is 2.04 bits per heavy atom. The normalized spacial score (nSPS) is 12.3. The van der Waals surface area contributed by atoms with Crippen molar-refractivity contribution in [3.8, 4) is 23.3 Å². The molecule has 1 rings (SSSR count). The largest absolute Gasteiger partial charge is 0.129 e. The highest BCUT2D eigenvalue weighted by atomic mass is 28.3. The van der Waals surface area contributed by atoms with Gasteiger partial charge >= 0.3 is 0 Å². The number of aryl methyl sites for hydroxylation is 1. The van der Waals surface area contributed by atoms with E-state index in [4.69, 9.17) is 0 Å². The van der Waals surface area contributed by atoms with Crippen LogP contribution in [-0.2, 0) is 0 Å². The predicted molar refractivity (Wildman–Crippen MR) is 114 cm³/mol. The van der Waals surface area contributed by atoms with Crippen LogP contribution in [0.4, 0.5) is 0 Å². The number of hydrogen-bond donors (Lipinski definition) is 0. The van der Waals surface area contributed by atoms with Crippen molar-refractivity contribution in [3.63, 3.8) is 0 Å². The fourth-order valence-corrected chi connectivity index (χ4v) is 4.14. The van der Waals surface area contributed by atoms with Crippen LogP contribution in [0.2, 0.25) is 39.3 Å². The lowest BCUT2D eigenvalue weighted by molar-refractivity contribution is 1.30. The molecule has 126 valence electrons. The second kappa shape index (κ2) is 8.38. The number of hydrogen-bond acceptors (Lipinski definition) is 0. The fraction of sp³-hybridized carbons (Fsp3) is 0.364. The van der Waals surface area contributed by atoms with Crippen LogP contribution in [0.25, 0.3) is 0 Å². The third-order valence-corrected chi connectivity index (χ3v) is 6.17. The van der Waals surface area contributed by atoms with Gasteiger partial charge in [0, 0.05) is 11.1 Å². The summed E-state index contributed by atoms with van der Waals surface area (Å²) < 4.78 is 0. The van der Waals surface area contributed by atoms with Gasteiger partial charge in [0.2, 0.25) is 0 Å². The molecule has 0 aliphatic heterocycles. The maximum absolute atomic E-state index is 3.91. The monoisotopic (exact) mass is 350 g/mol. The molecule has 0 nitrogen and oxygen atoms in total. The molecule has 0 unspecified atom stereocenters. The van der Waals surface area contributed by atoms with E-state index in [0.29, 0.717) is 0 Å². The molecule has 0 radical (unpaired) electrons. The molecule has 0 bridgehead atoms. The Balaban J connectivity index is 3.43. The van der Waals surface area contributed by atoms with Gasteiger partial charge in [-0.3, -0.25) is 0 Å². The summed E-state index contributed by atoms with van der Waals surface area (Å²) in [6.07, 6.45) is 2.75. The van der Waals surface area contributed by atoms with Crippen molar-refractivity contribution in [2.45, 2.75) is 52.6 Å². The maximum atomic E-state index is 3.91. The molecule has 0 aliphatic rings. The standard InChI is InChI=1S/C22H30Si2/c1-9-10-21(17-18-23(3,4)5)22(24(6,7)8)16-15-20-13-11-19(2)12-14-20/h9,11-14H,1,10H2,2-8H3. The van der Waals surface area contributed by atoms with Crippen molar-refractivity contribution in [1.82, 2.24) is 0 Å². The van der Waals surface area contributed by atoms with E-state index in [-0.39, 0.29) is 0 Å². The summed E-state index contributed by atoms with van der Waals surface area (Å²) in [6.45, 7) is 19.9. The van der Waals surface area contributed by atoms with Crippen molar-refractivity contribution in [3.05, 3.63) is 58.8 Å². The lowest BCUT2D eigenvalue weighted by Crippen LogP contribution is -2.25. The number of allylic oxidation sites excluding steroid dienone is 3. The Kier molecular flexibility index (Phi) is 7.09. The molecule has 0 fully saturated rings. The summed E-state index contributed by atoms with van der Waals surface area (Å²) in [5.74, 6) is 10.3. The topological polar surface area (TPSA) is 0 Å². The van der Waals surface area contributed by atoms with Crippen LogP contribution >= 0.6 is 0 Å². The number of rotatable bonds is 3. The van der Waals surface area contributed by atoms with Gasteiger partial charge in [-0.15, -0.1) is 12.1 Å². The Bertz CT molecular complexity index is 728. The molecule has 0 aliphatic carbocycles. The molecule has 0 aromatic heterocycles. The van der Waals surface area contributed by atoms with Gasteiger partial charge in [0.25, 0.3) is 0 Å². The van der Waals surface area contributed by atoms with Crippen LogP contribution in [0.5, 0.6) is 0 Å². The van der Waals surface area contributed by atoms with Crippen molar-refractivity contribution in [1.29, 1.82) is 0 Å². The molecule has 0 spiro atoms. The zero-order chi connectivity index (χ0) is 18.4. The van der Waals surface area contributed by atoms with E-state index in [1.54, 1.807) is 0 Å². The first-order valence-electron chi connectivity index (χ1n) is 8.49. The van der Waals surface area contributed by atoms with Gasteiger partial charge in [0.1, 0.15) is 8.07 Å². The molecule has 0 N–H and O–H groups in total. The van der Waals surface area contributed by atoms with E-state index >= 15 is 0 Å². The summed E-state index contributed by atoms with van der Waals surface area (Å²) >= 11 is 0. The molecular formula is C22H30Si2. The third kappa shape index (κ3) is 7.22. The quantitative estimate of drug-likeness (QED) is 0.357. The zero-order valence-corrected chi connectivity index (χ0v) is 18.3. The van der Waals surface area contributed by atoms with Gasteiger partial charge in [-0.25, -0.2) is 0 Å². The van der Waals surface area contributed by atoms with Crippen molar-refractivity contribution in [2.75, 3.05) is 0 Å². The van der Waals surface area contributed by atoms with E-state index in [2.05, 4.69) is 100 Å². The first kappa shape index (κ1) is 20.3. The molecule has 24 heavy (non-hydrogen) atoms. The average Bonchev–Trinajstić information content (AvgIpc) is 2.44. The van der Waals surface area contributed by atoms with Crippen LogP contribution in [0.15, 0.2) is 47.7 Å². The lowest BCUT2D eigenvalue weighted by Gasteiger charge is -2.18. The molecule has 0 heterocycles. The van der Waals surface area contributed by atoms with Gasteiger partial charge in [-0.2, -0.15) is 0 Å². The Morgan fingerprint density at radius 2 is 1.58 bits per heavy atom. The molecule has 0 amide bonds. The smallest absolute Gasteiger partial charge is 0.127 e. The highest BCUT2D eigenvalue weighted by molar-refractivity contribution is 6.85.